The van der Waals surface area contributed by atoms with Crippen molar-refractivity contribution in [1.82, 2.24) is 15.5 Å². The van der Waals surface area contributed by atoms with Crippen molar-refractivity contribution in [3.63, 3.8) is 0 Å². The summed E-state index contributed by atoms with van der Waals surface area (Å²) in [5, 5.41) is 19.0. The summed E-state index contributed by atoms with van der Waals surface area (Å²) < 4.78 is 0. The summed E-state index contributed by atoms with van der Waals surface area (Å²) in [6, 6.07) is 1.75. The summed E-state index contributed by atoms with van der Waals surface area (Å²) in [6.07, 6.45) is 2.83. The number of aromatic nitrogens is 2. The van der Waals surface area contributed by atoms with E-state index in [0.29, 0.717) is 18.5 Å². The Bertz CT molecular complexity index is 315. The van der Waals surface area contributed by atoms with Crippen LogP contribution < -0.4 is 5.32 Å². The number of piperidine rings is 1. The maximum Gasteiger partial charge on any atom is 0.315 e. The van der Waals surface area contributed by atoms with Crippen LogP contribution in [0, 0.1) is 0 Å². The second-order valence-corrected chi connectivity index (χ2v) is 3.61. The number of carbonyl (C=O) groups is 1. The van der Waals surface area contributed by atoms with E-state index in [9.17, 15) is 9.90 Å². The van der Waals surface area contributed by atoms with Crippen LogP contribution in [-0.2, 0) is 10.2 Å². The van der Waals surface area contributed by atoms with Crippen molar-refractivity contribution in [2.45, 2.75) is 18.3 Å². The average Bonchev–Trinajstić information content (AvgIpc) is 2.72. The minimum atomic E-state index is -0.762. The molecule has 0 atom stereocenters. The van der Waals surface area contributed by atoms with E-state index in [2.05, 4.69) is 15.5 Å². The van der Waals surface area contributed by atoms with Gasteiger partial charge in [0.25, 0.3) is 0 Å². The van der Waals surface area contributed by atoms with Gasteiger partial charge in [-0.05, 0) is 32.0 Å². The molecule has 0 aromatic carbocycles. The molecule has 14 heavy (non-hydrogen) atoms. The normalized spacial score (nSPS) is 20.6. The Morgan fingerprint density at radius 2 is 2.21 bits per heavy atom. The quantitative estimate of drug-likeness (QED) is 0.626. The van der Waals surface area contributed by atoms with Gasteiger partial charge in [-0.25, -0.2) is 0 Å². The first-order chi connectivity index (χ1) is 6.76. The number of aliphatic carboxylic acids is 1. The lowest BCUT2D eigenvalue weighted by Gasteiger charge is -2.32. The number of H-pyrrole nitrogens is 1. The fourth-order valence-corrected chi connectivity index (χ4v) is 1.97. The highest BCUT2D eigenvalue weighted by Gasteiger charge is 2.42. The highest BCUT2D eigenvalue weighted by Crippen LogP contribution is 2.32. The van der Waals surface area contributed by atoms with Crippen molar-refractivity contribution in [3.8, 4) is 0 Å². The first kappa shape index (κ1) is 9.21. The molecule has 0 aliphatic carbocycles. The lowest BCUT2D eigenvalue weighted by Crippen LogP contribution is -2.45. The molecule has 0 unspecified atom stereocenters. The monoisotopic (exact) mass is 195 g/mol. The largest absolute Gasteiger partial charge is 0.481 e. The van der Waals surface area contributed by atoms with E-state index < -0.39 is 11.4 Å². The summed E-state index contributed by atoms with van der Waals surface area (Å²) in [5.74, 6) is -0.761. The zero-order chi connectivity index (χ0) is 10.0. The van der Waals surface area contributed by atoms with Crippen molar-refractivity contribution >= 4 is 5.97 Å². The van der Waals surface area contributed by atoms with E-state index >= 15 is 0 Å². The van der Waals surface area contributed by atoms with Gasteiger partial charge in [0.1, 0.15) is 5.41 Å². The predicted octanol–water partition coefficient (Wildman–Crippen LogP) is 0.115. The minimum absolute atomic E-state index is 0.616. The molecular formula is C9H13N3O2. The molecule has 3 N–H and O–H groups in total. The zero-order valence-corrected chi connectivity index (χ0v) is 7.79. The van der Waals surface area contributed by atoms with Crippen molar-refractivity contribution in [2.24, 2.45) is 0 Å². The number of rotatable bonds is 2. The molecule has 1 aliphatic heterocycles. The van der Waals surface area contributed by atoms with Gasteiger partial charge in [-0.1, -0.05) is 0 Å². The van der Waals surface area contributed by atoms with Gasteiger partial charge in [-0.15, -0.1) is 0 Å². The fraction of sp³-hybridized carbons (Fsp3) is 0.556. The van der Waals surface area contributed by atoms with Crippen LogP contribution in [-0.4, -0.2) is 34.4 Å². The van der Waals surface area contributed by atoms with Gasteiger partial charge in [0.2, 0.25) is 0 Å². The van der Waals surface area contributed by atoms with E-state index in [1.54, 1.807) is 12.3 Å². The number of hydrogen-bond donors (Lipinski definition) is 3. The topological polar surface area (TPSA) is 78.0 Å². The Kier molecular flexibility index (Phi) is 2.25. The Labute approximate surface area is 81.5 Å². The molecule has 0 saturated carbocycles. The van der Waals surface area contributed by atoms with Gasteiger partial charge >= 0.3 is 5.97 Å². The summed E-state index contributed by atoms with van der Waals surface area (Å²) in [6.45, 7) is 1.48. The Morgan fingerprint density at radius 3 is 2.71 bits per heavy atom. The molecule has 0 radical (unpaired) electrons. The molecule has 0 bridgehead atoms. The van der Waals surface area contributed by atoms with Crippen LogP contribution >= 0.6 is 0 Å². The van der Waals surface area contributed by atoms with Gasteiger partial charge in [-0.3, -0.25) is 9.89 Å². The molecular weight excluding hydrogens is 182 g/mol. The van der Waals surface area contributed by atoms with Crippen LogP contribution in [0.5, 0.6) is 0 Å². The SMILES string of the molecule is O=C(O)C1(c2ccn[nH]2)CCNCC1. The molecule has 5 heteroatoms. The van der Waals surface area contributed by atoms with Crippen LogP contribution in [0.1, 0.15) is 18.5 Å². The van der Waals surface area contributed by atoms with Crippen LogP contribution in [0.3, 0.4) is 0 Å². The van der Waals surface area contributed by atoms with E-state index in [-0.39, 0.29) is 0 Å². The number of nitrogens with zero attached hydrogens (tertiary/aromatic N) is 1. The molecule has 1 saturated heterocycles. The van der Waals surface area contributed by atoms with Crippen LogP contribution in [0.4, 0.5) is 0 Å². The second kappa shape index (κ2) is 3.42. The Hall–Kier alpha value is -1.36. The maximum absolute atomic E-state index is 11.3. The number of hydrogen-bond acceptors (Lipinski definition) is 3. The summed E-state index contributed by atoms with van der Waals surface area (Å²) in [5.41, 5.74) is -0.0478. The molecule has 1 aliphatic rings. The number of nitrogens with one attached hydrogen (secondary N) is 2. The second-order valence-electron chi connectivity index (χ2n) is 3.61. The maximum atomic E-state index is 11.3. The number of carboxylic acid groups (broad SMARTS) is 1. The van der Waals surface area contributed by atoms with Gasteiger partial charge in [0, 0.05) is 6.20 Å². The first-order valence-corrected chi connectivity index (χ1v) is 4.70. The smallest absolute Gasteiger partial charge is 0.315 e. The zero-order valence-electron chi connectivity index (χ0n) is 7.79. The first-order valence-electron chi connectivity index (χ1n) is 4.70. The van der Waals surface area contributed by atoms with Gasteiger partial charge in [-0.2, -0.15) is 5.10 Å². The Balaban J connectivity index is 2.35. The Morgan fingerprint density at radius 1 is 1.50 bits per heavy atom. The average molecular weight is 195 g/mol. The van der Waals surface area contributed by atoms with E-state index in [4.69, 9.17) is 0 Å². The third-order valence-electron chi connectivity index (χ3n) is 2.88. The number of aromatic amines is 1. The third-order valence-corrected chi connectivity index (χ3v) is 2.88. The molecule has 0 amide bonds. The lowest BCUT2D eigenvalue weighted by molar-refractivity contribution is -0.145. The van der Waals surface area contributed by atoms with Crippen LogP contribution in [0.25, 0.3) is 0 Å². The van der Waals surface area contributed by atoms with Crippen molar-refractivity contribution < 1.29 is 9.90 Å². The summed E-state index contributed by atoms with van der Waals surface area (Å²) in [7, 11) is 0. The standard InChI is InChI=1S/C9H13N3O2/c13-8(14)9(2-5-10-6-3-9)7-1-4-11-12-7/h1,4,10H,2-3,5-6H2,(H,11,12)(H,13,14). The van der Waals surface area contributed by atoms with Gasteiger partial charge < -0.3 is 10.4 Å². The highest BCUT2D eigenvalue weighted by atomic mass is 16.4. The van der Waals surface area contributed by atoms with Gasteiger partial charge in [0.15, 0.2) is 0 Å². The molecule has 1 fully saturated rings. The summed E-state index contributed by atoms with van der Waals surface area (Å²) >= 11 is 0. The van der Waals surface area contributed by atoms with Crippen molar-refractivity contribution in [2.75, 3.05) is 13.1 Å². The molecule has 1 aromatic rings. The van der Waals surface area contributed by atoms with Crippen LogP contribution in [0.15, 0.2) is 12.3 Å². The summed E-state index contributed by atoms with van der Waals surface area (Å²) in [4.78, 5) is 11.3. The minimum Gasteiger partial charge on any atom is -0.481 e. The third kappa shape index (κ3) is 1.29. The van der Waals surface area contributed by atoms with Crippen molar-refractivity contribution in [1.29, 1.82) is 0 Å². The number of carboxylic acids is 1. The van der Waals surface area contributed by atoms with E-state index in [0.717, 1.165) is 13.1 Å². The molecule has 2 heterocycles. The predicted molar refractivity (Wildman–Crippen MR) is 50.0 cm³/mol. The lowest BCUT2D eigenvalue weighted by atomic mass is 9.76. The molecule has 2 rings (SSSR count). The fourth-order valence-electron chi connectivity index (χ4n) is 1.97. The van der Waals surface area contributed by atoms with Crippen LogP contribution in [0.2, 0.25) is 0 Å². The van der Waals surface area contributed by atoms with Crippen molar-refractivity contribution in [3.05, 3.63) is 18.0 Å². The molecule has 1 aromatic heterocycles. The molecule has 0 spiro atoms. The highest BCUT2D eigenvalue weighted by molar-refractivity contribution is 5.80. The van der Waals surface area contributed by atoms with E-state index in [1.165, 1.54) is 0 Å². The molecule has 76 valence electrons. The molecule has 5 nitrogen and oxygen atoms in total. The van der Waals surface area contributed by atoms with Gasteiger partial charge in [0.05, 0.1) is 5.69 Å². The van der Waals surface area contributed by atoms with E-state index in [1.807, 2.05) is 0 Å².